The summed E-state index contributed by atoms with van der Waals surface area (Å²) in [6, 6.07) is 4.42. The molecule has 2 rings (SSSR count). The normalized spacial score (nSPS) is 17.2. The third kappa shape index (κ3) is 3.33. The lowest BCUT2D eigenvalue weighted by atomic mass is 9.98. The minimum absolute atomic E-state index is 0.0292. The van der Waals surface area contributed by atoms with Crippen molar-refractivity contribution < 1.29 is 13.2 Å². The molecule has 1 aromatic carbocycles. The van der Waals surface area contributed by atoms with E-state index in [1.807, 2.05) is 0 Å². The van der Waals surface area contributed by atoms with Crippen LogP contribution in [-0.2, 0) is 9.05 Å². The lowest BCUT2D eigenvalue weighted by molar-refractivity contribution is 0.0696. The van der Waals surface area contributed by atoms with Crippen LogP contribution in [0, 0.1) is 12.8 Å². The number of hydrogen-bond donors (Lipinski definition) is 0. The van der Waals surface area contributed by atoms with Gasteiger partial charge in [-0.2, -0.15) is 0 Å². The molecule has 0 unspecified atom stereocenters. The first-order chi connectivity index (χ1) is 9.29. The molecule has 0 bridgehead atoms. The molecular formula is C14H18ClNO3S. The summed E-state index contributed by atoms with van der Waals surface area (Å²) in [7, 11) is 1.53. The zero-order valence-electron chi connectivity index (χ0n) is 11.6. The number of piperidine rings is 1. The van der Waals surface area contributed by atoms with Gasteiger partial charge in [0.25, 0.3) is 15.0 Å². The first-order valence-corrected chi connectivity index (χ1v) is 8.94. The van der Waals surface area contributed by atoms with Crippen molar-refractivity contribution >= 4 is 25.6 Å². The van der Waals surface area contributed by atoms with Gasteiger partial charge in [-0.05, 0) is 43.4 Å². The van der Waals surface area contributed by atoms with Gasteiger partial charge in [-0.15, -0.1) is 0 Å². The van der Waals surface area contributed by atoms with Crippen molar-refractivity contribution in [2.45, 2.75) is 31.6 Å². The molecule has 1 amide bonds. The number of rotatable bonds is 2. The molecule has 0 radical (unpaired) electrons. The molecule has 4 nitrogen and oxygen atoms in total. The predicted molar refractivity (Wildman–Crippen MR) is 78.5 cm³/mol. The second kappa shape index (κ2) is 5.74. The number of carbonyl (C=O) groups is 1. The van der Waals surface area contributed by atoms with E-state index in [9.17, 15) is 13.2 Å². The van der Waals surface area contributed by atoms with Crippen LogP contribution in [0.3, 0.4) is 0 Å². The van der Waals surface area contributed by atoms with Crippen molar-refractivity contribution in [3.8, 4) is 0 Å². The lowest BCUT2D eigenvalue weighted by Gasteiger charge is -2.30. The van der Waals surface area contributed by atoms with E-state index in [-0.39, 0.29) is 10.8 Å². The number of nitrogens with zero attached hydrogens (tertiary/aromatic N) is 1. The summed E-state index contributed by atoms with van der Waals surface area (Å²) in [6.07, 6.45) is 1.97. The summed E-state index contributed by atoms with van der Waals surface area (Å²) in [6.45, 7) is 5.41. The third-order valence-electron chi connectivity index (χ3n) is 3.79. The van der Waals surface area contributed by atoms with Crippen molar-refractivity contribution in [2.75, 3.05) is 13.1 Å². The Balaban J connectivity index is 2.30. The molecule has 0 N–H and O–H groups in total. The minimum Gasteiger partial charge on any atom is -0.339 e. The maximum Gasteiger partial charge on any atom is 0.261 e. The van der Waals surface area contributed by atoms with Gasteiger partial charge in [-0.1, -0.05) is 13.0 Å². The number of amides is 1. The molecule has 6 heteroatoms. The lowest BCUT2D eigenvalue weighted by Crippen LogP contribution is -2.38. The van der Waals surface area contributed by atoms with Crippen molar-refractivity contribution in [3.63, 3.8) is 0 Å². The number of aryl methyl sites for hydroxylation is 1. The molecule has 1 fully saturated rings. The van der Waals surface area contributed by atoms with Crippen LogP contribution >= 0.6 is 10.7 Å². The predicted octanol–water partition coefficient (Wildman–Crippen LogP) is 2.79. The Bertz CT molecular complexity index is 619. The van der Waals surface area contributed by atoms with Crippen LogP contribution in [-0.4, -0.2) is 32.3 Å². The Morgan fingerprint density at radius 2 is 1.90 bits per heavy atom. The molecule has 110 valence electrons. The fraction of sp³-hybridized carbons (Fsp3) is 0.500. The number of likely N-dealkylation sites (tertiary alicyclic amines) is 1. The van der Waals surface area contributed by atoms with Crippen LogP contribution in [0.1, 0.15) is 35.7 Å². The highest BCUT2D eigenvalue weighted by atomic mass is 35.7. The minimum atomic E-state index is -3.81. The Morgan fingerprint density at radius 1 is 1.30 bits per heavy atom. The second-order valence-electron chi connectivity index (χ2n) is 5.39. The van der Waals surface area contributed by atoms with Gasteiger partial charge in [0.05, 0.1) is 4.90 Å². The summed E-state index contributed by atoms with van der Waals surface area (Å²) >= 11 is 0. The van der Waals surface area contributed by atoms with Crippen LogP contribution in [0.2, 0.25) is 0 Å². The molecule has 1 aliphatic heterocycles. The van der Waals surface area contributed by atoms with Crippen LogP contribution in [0.5, 0.6) is 0 Å². The largest absolute Gasteiger partial charge is 0.339 e. The Labute approximate surface area is 124 Å². The fourth-order valence-electron chi connectivity index (χ4n) is 2.37. The van der Waals surface area contributed by atoms with E-state index in [2.05, 4.69) is 6.92 Å². The van der Waals surface area contributed by atoms with Gasteiger partial charge < -0.3 is 4.90 Å². The molecule has 1 saturated heterocycles. The fourth-order valence-corrected chi connectivity index (χ4v) is 3.14. The number of halogens is 1. The van der Waals surface area contributed by atoms with Gasteiger partial charge in [0.2, 0.25) is 0 Å². The van der Waals surface area contributed by atoms with Gasteiger partial charge >= 0.3 is 0 Å². The summed E-state index contributed by atoms with van der Waals surface area (Å²) in [5.41, 5.74) is 1.18. The third-order valence-corrected chi connectivity index (χ3v) is 5.14. The molecular weight excluding hydrogens is 298 g/mol. The molecule has 1 aliphatic rings. The monoisotopic (exact) mass is 315 g/mol. The first-order valence-electron chi connectivity index (χ1n) is 6.63. The highest BCUT2D eigenvalue weighted by molar-refractivity contribution is 8.13. The quantitative estimate of drug-likeness (QED) is 0.789. The van der Waals surface area contributed by atoms with Crippen LogP contribution in [0.25, 0.3) is 0 Å². The second-order valence-corrected chi connectivity index (χ2v) is 7.96. The highest BCUT2D eigenvalue weighted by Crippen LogP contribution is 2.23. The summed E-state index contributed by atoms with van der Waals surface area (Å²) in [5.74, 6) is 0.520. The van der Waals surface area contributed by atoms with Crippen LogP contribution in [0.4, 0.5) is 0 Å². The van der Waals surface area contributed by atoms with E-state index >= 15 is 0 Å². The van der Waals surface area contributed by atoms with Gasteiger partial charge in [0, 0.05) is 29.3 Å². The smallest absolute Gasteiger partial charge is 0.261 e. The zero-order valence-corrected chi connectivity index (χ0v) is 13.2. The van der Waals surface area contributed by atoms with E-state index in [1.54, 1.807) is 17.9 Å². The molecule has 0 aliphatic carbocycles. The van der Waals surface area contributed by atoms with E-state index < -0.39 is 9.05 Å². The Morgan fingerprint density at radius 3 is 2.45 bits per heavy atom. The molecule has 20 heavy (non-hydrogen) atoms. The average molecular weight is 316 g/mol. The molecule has 0 aromatic heterocycles. The van der Waals surface area contributed by atoms with Crippen molar-refractivity contribution in [2.24, 2.45) is 5.92 Å². The standard InChI is InChI=1S/C14H18ClNO3S/c1-10-5-7-16(8-6-10)14(17)13-9-12(20(15,18)19)4-3-11(13)2/h3-4,9-10H,5-8H2,1-2H3. The molecule has 1 aromatic rings. The van der Waals surface area contributed by atoms with Gasteiger partial charge in [-0.25, -0.2) is 8.42 Å². The molecule has 1 heterocycles. The van der Waals surface area contributed by atoms with E-state index in [4.69, 9.17) is 10.7 Å². The Hall–Kier alpha value is -1.07. The Kier molecular flexibility index (Phi) is 4.39. The van der Waals surface area contributed by atoms with Crippen molar-refractivity contribution in [1.82, 2.24) is 4.90 Å². The summed E-state index contributed by atoms with van der Waals surface area (Å²) in [4.78, 5) is 14.2. The van der Waals surface area contributed by atoms with Crippen molar-refractivity contribution in [3.05, 3.63) is 29.3 Å². The zero-order chi connectivity index (χ0) is 14.9. The SMILES string of the molecule is Cc1ccc(S(=O)(=O)Cl)cc1C(=O)N1CCC(C)CC1. The topological polar surface area (TPSA) is 54.5 Å². The number of carbonyl (C=O) groups excluding carboxylic acids is 1. The van der Waals surface area contributed by atoms with Gasteiger partial charge in [0.15, 0.2) is 0 Å². The molecule has 0 spiro atoms. The van der Waals surface area contributed by atoms with Crippen LogP contribution in [0.15, 0.2) is 23.1 Å². The average Bonchev–Trinajstić information content (AvgIpc) is 2.38. The number of benzene rings is 1. The number of hydrogen-bond acceptors (Lipinski definition) is 3. The maximum atomic E-state index is 12.5. The summed E-state index contributed by atoms with van der Waals surface area (Å²) in [5, 5.41) is 0. The van der Waals surface area contributed by atoms with Gasteiger partial charge in [-0.3, -0.25) is 4.79 Å². The first kappa shape index (κ1) is 15.3. The molecule has 0 saturated carbocycles. The van der Waals surface area contributed by atoms with Gasteiger partial charge in [0.1, 0.15) is 0 Å². The van der Waals surface area contributed by atoms with Crippen molar-refractivity contribution in [1.29, 1.82) is 0 Å². The highest BCUT2D eigenvalue weighted by Gasteiger charge is 2.23. The molecule has 0 atom stereocenters. The van der Waals surface area contributed by atoms with E-state index in [0.29, 0.717) is 11.5 Å². The van der Waals surface area contributed by atoms with Crippen LogP contribution < -0.4 is 0 Å². The van der Waals surface area contributed by atoms with E-state index in [0.717, 1.165) is 31.5 Å². The maximum absolute atomic E-state index is 12.5. The summed E-state index contributed by atoms with van der Waals surface area (Å²) < 4.78 is 22.8. The van der Waals surface area contributed by atoms with E-state index in [1.165, 1.54) is 12.1 Å².